The average molecular weight is 279 g/mol. The summed E-state index contributed by atoms with van der Waals surface area (Å²) in [6, 6.07) is 0. The third-order valence-corrected chi connectivity index (χ3v) is 4.57. The maximum atomic E-state index is 11.8. The minimum Gasteiger partial charge on any atom is -0.352 e. The normalized spacial score (nSPS) is 17.1. The molecule has 1 aliphatic carbocycles. The summed E-state index contributed by atoms with van der Waals surface area (Å²) in [5.74, 6) is 0.819. The van der Waals surface area contributed by atoms with Crippen LogP contribution in [0.15, 0.2) is 0 Å². The second-order valence-corrected chi connectivity index (χ2v) is 6.52. The van der Waals surface area contributed by atoms with Crippen LogP contribution < -0.4 is 4.72 Å². The molecular weight excluding hydrogens is 254 g/mol. The van der Waals surface area contributed by atoms with Gasteiger partial charge in [-0.25, -0.2) is 13.1 Å². The van der Waals surface area contributed by atoms with Crippen LogP contribution >= 0.6 is 0 Å². The zero-order valence-electron chi connectivity index (χ0n) is 11.4. The third-order valence-electron chi connectivity index (χ3n) is 3.19. The fourth-order valence-electron chi connectivity index (χ4n) is 1.91. The highest BCUT2D eigenvalue weighted by atomic mass is 32.2. The minimum atomic E-state index is -3.19. The average Bonchev–Trinajstić information content (AvgIpc) is 2.24. The van der Waals surface area contributed by atoms with E-state index in [1.807, 2.05) is 13.8 Å². The molecule has 1 fully saturated rings. The van der Waals surface area contributed by atoms with Crippen molar-refractivity contribution in [2.75, 3.05) is 25.5 Å². The molecule has 0 radical (unpaired) electrons. The highest BCUT2D eigenvalue weighted by molar-refractivity contribution is 7.89. The molecule has 108 valence electrons. The van der Waals surface area contributed by atoms with Crippen molar-refractivity contribution in [1.29, 1.82) is 0 Å². The Bertz CT molecular complexity index is 308. The fraction of sp³-hybridized carbons (Fsp3) is 1.00. The van der Waals surface area contributed by atoms with E-state index in [-0.39, 0.29) is 12.3 Å². The monoisotopic (exact) mass is 279 g/mol. The van der Waals surface area contributed by atoms with E-state index in [1.54, 1.807) is 0 Å². The van der Waals surface area contributed by atoms with Gasteiger partial charge in [0.05, 0.1) is 12.3 Å². The van der Waals surface area contributed by atoms with Crippen molar-refractivity contribution in [3.8, 4) is 0 Å². The first kappa shape index (κ1) is 15.9. The number of ether oxygens (including phenoxy) is 2. The third kappa shape index (κ3) is 6.13. The first-order valence-corrected chi connectivity index (χ1v) is 8.43. The van der Waals surface area contributed by atoms with E-state index in [0.29, 0.717) is 19.1 Å². The molecular formula is C12H25NO4S. The zero-order valence-corrected chi connectivity index (χ0v) is 12.2. The van der Waals surface area contributed by atoms with E-state index in [4.69, 9.17) is 9.47 Å². The van der Waals surface area contributed by atoms with Crippen LogP contribution in [-0.4, -0.2) is 40.2 Å². The van der Waals surface area contributed by atoms with Gasteiger partial charge in [-0.2, -0.15) is 0 Å². The number of rotatable bonds is 10. The Morgan fingerprint density at radius 1 is 1.22 bits per heavy atom. The fourth-order valence-corrected chi connectivity index (χ4v) is 3.09. The second-order valence-electron chi connectivity index (χ2n) is 4.59. The molecule has 1 saturated carbocycles. The van der Waals surface area contributed by atoms with E-state index in [1.165, 1.54) is 19.3 Å². The van der Waals surface area contributed by atoms with Gasteiger partial charge < -0.3 is 9.47 Å². The quantitative estimate of drug-likeness (QED) is 0.615. The summed E-state index contributed by atoms with van der Waals surface area (Å²) in [6.45, 7) is 4.92. The highest BCUT2D eigenvalue weighted by Gasteiger charge is 2.21. The van der Waals surface area contributed by atoms with Crippen molar-refractivity contribution in [3.05, 3.63) is 0 Å². The molecule has 1 N–H and O–H groups in total. The molecule has 0 aliphatic heterocycles. The van der Waals surface area contributed by atoms with Crippen molar-refractivity contribution < 1.29 is 17.9 Å². The highest BCUT2D eigenvalue weighted by Crippen LogP contribution is 2.29. The van der Waals surface area contributed by atoms with Crippen LogP contribution in [0.1, 0.15) is 39.5 Å². The van der Waals surface area contributed by atoms with E-state index in [9.17, 15) is 8.42 Å². The van der Waals surface area contributed by atoms with Gasteiger partial charge in [-0.1, -0.05) is 19.3 Å². The molecule has 0 saturated heterocycles. The first-order valence-electron chi connectivity index (χ1n) is 6.78. The molecule has 0 heterocycles. The summed E-state index contributed by atoms with van der Waals surface area (Å²) in [5.41, 5.74) is 0. The summed E-state index contributed by atoms with van der Waals surface area (Å²) in [6.07, 6.45) is 3.88. The molecule has 0 aromatic carbocycles. The van der Waals surface area contributed by atoms with Crippen LogP contribution in [-0.2, 0) is 19.5 Å². The van der Waals surface area contributed by atoms with Gasteiger partial charge in [0.1, 0.15) is 0 Å². The lowest BCUT2D eigenvalue weighted by Gasteiger charge is -2.25. The van der Waals surface area contributed by atoms with Gasteiger partial charge in [0.15, 0.2) is 6.29 Å². The van der Waals surface area contributed by atoms with Gasteiger partial charge in [-0.05, 0) is 26.2 Å². The minimum absolute atomic E-state index is 0.189. The zero-order chi connectivity index (χ0) is 13.4. The van der Waals surface area contributed by atoms with Gasteiger partial charge in [0.25, 0.3) is 0 Å². The predicted molar refractivity (Wildman–Crippen MR) is 70.8 cm³/mol. The molecule has 0 aromatic heterocycles. The number of sulfonamides is 1. The van der Waals surface area contributed by atoms with Crippen LogP contribution in [0.5, 0.6) is 0 Å². The van der Waals surface area contributed by atoms with Crippen molar-refractivity contribution in [2.45, 2.75) is 45.8 Å². The van der Waals surface area contributed by atoms with E-state index < -0.39 is 16.3 Å². The second kappa shape index (κ2) is 8.09. The van der Waals surface area contributed by atoms with Crippen LogP contribution in [0.2, 0.25) is 0 Å². The van der Waals surface area contributed by atoms with Gasteiger partial charge in [0, 0.05) is 13.2 Å². The molecule has 0 amide bonds. The molecule has 0 atom stereocenters. The van der Waals surface area contributed by atoms with E-state index in [0.717, 1.165) is 6.42 Å². The smallest absolute Gasteiger partial charge is 0.211 e. The summed E-state index contributed by atoms with van der Waals surface area (Å²) in [7, 11) is -3.19. The van der Waals surface area contributed by atoms with Gasteiger partial charge in [-0.3, -0.25) is 0 Å². The lowest BCUT2D eigenvalue weighted by Crippen LogP contribution is -2.37. The topological polar surface area (TPSA) is 64.6 Å². The van der Waals surface area contributed by atoms with E-state index in [2.05, 4.69) is 4.72 Å². The molecule has 5 nitrogen and oxygen atoms in total. The van der Waals surface area contributed by atoms with Crippen molar-refractivity contribution in [3.63, 3.8) is 0 Å². The van der Waals surface area contributed by atoms with Crippen LogP contribution in [0.3, 0.4) is 0 Å². The first-order chi connectivity index (χ1) is 8.57. The number of nitrogens with one attached hydrogen (secondary N) is 1. The van der Waals surface area contributed by atoms with Crippen LogP contribution in [0.4, 0.5) is 0 Å². The van der Waals surface area contributed by atoms with Gasteiger partial charge >= 0.3 is 0 Å². The summed E-state index contributed by atoms with van der Waals surface area (Å²) >= 11 is 0. The Labute approximate surface area is 110 Å². The Balaban J connectivity index is 2.24. The largest absolute Gasteiger partial charge is 0.352 e. The predicted octanol–water partition coefficient (Wildman–Crippen LogP) is 1.50. The molecule has 18 heavy (non-hydrogen) atoms. The SMILES string of the molecule is CCOC(CNS(=O)(=O)CCC1CCC1)OCC. The van der Waals surface area contributed by atoms with Gasteiger partial charge in [-0.15, -0.1) is 0 Å². The van der Waals surface area contributed by atoms with Crippen molar-refractivity contribution in [2.24, 2.45) is 5.92 Å². The Hall–Kier alpha value is -0.170. The maximum Gasteiger partial charge on any atom is 0.211 e. The lowest BCUT2D eigenvalue weighted by atomic mass is 9.84. The van der Waals surface area contributed by atoms with Crippen LogP contribution in [0, 0.1) is 5.92 Å². The van der Waals surface area contributed by atoms with Crippen LogP contribution in [0.25, 0.3) is 0 Å². The summed E-state index contributed by atoms with van der Waals surface area (Å²) in [4.78, 5) is 0. The Kier molecular flexibility index (Phi) is 7.14. The molecule has 0 unspecified atom stereocenters. The lowest BCUT2D eigenvalue weighted by molar-refractivity contribution is -0.130. The van der Waals surface area contributed by atoms with Crippen molar-refractivity contribution >= 4 is 10.0 Å². The molecule has 6 heteroatoms. The van der Waals surface area contributed by atoms with Gasteiger partial charge in [0.2, 0.25) is 10.0 Å². The number of hydrogen-bond acceptors (Lipinski definition) is 4. The Morgan fingerprint density at radius 3 is 2.28 bits per heavy atom. The number of hydrogen-bond donors (Lipinski definition) is 1. The molecule has 1 aliphatic rings. The molecule has 0 aromatic rings. The maximum absolute atomic E-state index is 11.8. The molecule has 0 spiro atoms. The summed E-state index contributed by atoms with van der Waals surface area (Å²) in [5, 5.41) is 0. The summed E-state index contributed by atoms with van der Waals surface area (Å²) < 4.78 is 36.7. The molecule has 0 bridgehead atoms. The standard InChI is InChI=1S/C12H25NO4S/c1-3-16-12(17-4-2)10-13-18(14,15)9-8-11-6-5-7-11/h11-13H,3-10H2,1-2H3. The Morgan fingerprint density at radius 2 is 1.83 bits per heavy atom. The van der Waals surface area contributed by atoms with E-state index >= 15 is 0 Å². The van der Waals surface area contributed by atoms with Crippen molar-refractivity contribution in [1.82, 2.24) is 4.72 Å². The molecule has 1 rings (SSSR count).